The van der Waals surface area contributed by atoms with Crippen LogP contribution < -0.4 is 27.3 Å². The summed E-state index contributed by atoms with van der Waals surface area (Å²) in [6.07, 6.45) is 0.816. The highest BCUT2D eigenvalue weighted by Crippen LogP contribution is 2.37. The standard InChI is InChI=1S/C21H16Cl2N6O4/c1-2-10-4-3-5-11(6-10)13-9-16(26-27-19(13)30)33-17-14(22)7-12(8-15(17)23)29-21(32)25-20(31)18(24)28-29/h3-9H,2H2,1H3,(H2,24,28)(H,27,30)(H,25,31,32). The molecule has 0 atom stereocenters. The molecule has 0 radical (unpaired) electrons. The number of aryl methyl sites for hydroxylation is 1. The van der Waals surface area contributed by atoms with Crippen molar-refractivity contribution in [2.45, 2.75) is 13.3 Å². The molecule has 12 heteroatoms. The van der Waals surface area contributed by atoms with Gasteiger partial charge in [0.05, 0.1) is 21.3 Å². The van der Waals surface area contributed by atoms with Crippen LogP contribution in [0.1, 0.15) is 12.5 Å². The molecule has 2 aromatic heterocycles. The number of nitrogen functional groups attached to an aromatic ring is 1. The Balaban J connectivity index is 1.72. The van der Waals surface area contributed by atoms with Crippen molar-refractivity contribution >= 4 is 29.0 Å². The maximum absolute atomic E-state index is 12.3. The molecular weight excluding hydrogens is 471 g/mol. The van der Waals surface area contributed by atoms with Gasteiger partial charge in [-0.1, -0.05) is 54.4 Å². The maximum Gasteiger partial charge on any atom is 0.349 e. The second-order valence-electron chi connectivity index (χ2n) is 6.90. The first-order valence-electron chi connectivity index (χ1n) is 9.62. The van der Waals surface area contributed by atoms with E-state index in [0.717, 1.165) is 16.7 Å². The first-order chi connectivity index (χ1) is 15.8. The molecule has 0 fully saturated rings. The summed E-state index contributed by atoms with van der Waals surface area (Å²) in [5.41, 5.74) is 5.75. The van der Waals surface area contributed by atoms with Gasteiger partial charge in [0.2, 0.25) is 11.7 Å². The lowest BCUT2D eigenvalue weighted by molar-refractivity contribution is 0.455. The molecule has 4 rings (SSSR count). The van der Waals surface area contributed by atoms with Gasteiger partial charge in [-0.05, 0) is 29.7 Å². The molecule has 0 saturated heterocycles. The minimum absolute atomic E-state index is 0.0264. The van der Waals surface area contributed by atoms with Gasteiger partial charge in [0.25, 0.3) is 11.1 Å². The predicted molar refractivity (Wildman–Crippen MR) is 125 cm³/mol. The number of nitrogens with zero attached hydrogens (tertiary/aromatic N) is 3. The lowest BCUT2D eigenvalue weighted by Crippen LogP contribution is -2.33. The van der Waals surface area contributed by atoms with Crippen LogP contribution >= 0.6 is 23.2 Å². The van der Waals surface area contributed by atoms with Crippen LogP contribution in [0.2, 0.25) is 10.0 Å². The van der Waals surface area contributed by atoms with Gasteiger partial charge in [0, 0.05) is 6.07 Å². The third-order valence-corrected chi connectivity index (χ3v) is 5.28. The Kier molecular flexibility index (Phi) is 6.03. The van der Waals surface area contributed by atoms with Crippen molar-refractivity contribution in [1.29, 1.82) is 0 Å². The smallest absolute Gasteiger partial charge is 0.349 e. The molecule has 10 nitrogen and oxygen atoms in total. The molecule has 0 aliphatic heterocycles. The van der Waals surface area contributed by atoms with Crippen molar-refractivity contribution in [3.05, 3.63) is 89.3 Å². The van der Waals surface area contributed by atoms with Crippen LogP contribution in [0.5, 0.6) is 11.6 Å². The summed E-state index contributed by atoms with van der Waals surface area (Å²) in [4.78, 5) is 37.9. The van der Waals surface area contributed by atoms with E-state index in [1.54, 1.807) is 0 Å². The predicted octanol–water partition coefficient (Wildman–Crippen LogP) is 2.91. The largest absolute Gasteiger partial charge is 0.434 e. The molecular formula is C21H16Cl2N6O4. The topological polar surface area (TPSA) is 149 Å². The van der Waals surface area contributed by atoms with Gasteiger partial charge in [0.15, 0.2) is 5.75 Å². The number of nitrogens with one attached hydrogen (secondary N) is 2. The van der Waals surface area contributed by atoms with Crippen LogP contribution in [0.25, 0.3) is 16.8 Å². The highest BCUT2D eigenvalue weighted by molar-refractivity contribution is 6.37. The number of ether oxygens (including phenoxy) is 1. The number of halogens is 2. The van der Waals surface area contributed by atoms with Crippen molar-refractivity contribution < 1.29 is 4.74 Å². The average Bonchev–Trinajstić information content (AvgIpc) is 2.79. The normalized spacial score (nSPS) is 10.9. The van der Waals surface area contributed by atoms with E-state index >= 15 is 0 Å². The fourth-order valence-electron chi connectivity index (χ4n) is 3.07. The van der Waals surface area contributed by atoms with Gasteiger partial charge >= 0.3 is 5.69 Å². The molecule has 0 aliphatic rings. The summed E-state index contributed by atoms with van der Waals surface area (Å²) in [5.74, 6) is -0.314. The number of aromatic nitrogens is 5. The Bertz CT molecular complexity index is 1520. The molecule has 0 bridgehead atoms. The van der Waals surface area contributed by atoms with Gasteiger partial charge in [-0.2, -0.15) is 4.68 Å². The first kappa shape index (κ1) is 22.3. The van der Waals surface area contributed by atoms with Crippen molar-refractivity contribution in [2.75, 3.05) is 5.73 Å². The zero-order valence-electron chi connectivity index (χ0n) is 17.1. The van der Waals surface area contributed by atoms with E-state index in [1.165, 1.54) is 18.2 Å². The number of hydrogen-bond acceptors (Lipinski definition) is 7. The number of nitrogens with two attached hydrogens (primary N) is 1. The van der Waals surface area contributed by atoms with Gasteiger partial charge < -0.3 is 10.5 Å². The lowest BCUT2D eigenvalue weighted by Gasteiger charge is -2.12. The fraction of sp³-hybridized carbons (Fsp3) is 0.0952. The molecule has 33 heavy (non-hydrogen) atoms. The Morgan fingerprint density at radius 1 is 1.06 bits per heavy atom. The summed E-state index contributed by atoms with van der Waals surface area (Å²) in [7, 11) is 0. The molecule has 2 aromatic carbocycles. The number of benzene rings is 2. The molecule has 0 amide bonds. The fourth-order valence-corrected chi connectivity index (χ4v) is 3.62. The summed E-state index contributed by atoms with van der Waals surface area (Å²) >= 11 is 12.7. The van der Waals surface area contributed by atoms with E-state index in [2.05, 4.69) is 15.3 Å². The van der Waals surface area contributed by atoms with E-state index in [4.69, 9.17) is 33.7 Å². The van der Waals surface area contributed by atoms with Crippen molar-refractivity contribution in [3.8, 4) is 28.4 Å². The summed E-state index contributed by atoms with van der Waals surface area (Å²) in [6.45, 7) is 2.02. The van der Waals surface area contributed by atoms with Crippen LogP contribution in [0.3, 0.4) is 0 Å². The Morgan fingerprint density at radius 2 is 1.79 bits per heavy atom. The highest BCUT2D eigenvalue weighted by Gasteiger charge is 2.16. The number of H-pyrrole nitrogens is 2. The zero-order valence-corrected chi connectivity index (χ0v) is 18.6. The second-order valence-corrected chi connectivity index (χ2v) is 7.71. The van der Waals surface area contributed by atoms with E-state index in [0.29, 0.717) is 11.1 Å². The molecule has 0 spiro atoms. The minimum atomic E-state index is -0.823. The number of rotatable bonds is 5. The highest BCUT2D eigenvalue weighted by atomic mass is 35.5. The molecule has 0 aliphatic carbocycles. The second kappa shape index (κ2) is 8.93. The third-order valence-electron chi connectivity index (χ3n) is 4.71. The third kappa shape index (κ3) is 4.52. The van der Waals surface area contributed by atoms with Crippen LogP contribution in [0.15, 0.2) is 56.8 Å². The maximum atomic E-state index is 12.3. The summed E-state index contributed by atoms with van der Waals surface area (Å²) < 4.78 is 6.58. The van der Waals surface area contributed by atoms with Gasteiger partial charge in [-0.25, -0.2) is 9.89 Å². The Labute approximate surface area is 195 Å². The zero-order chi connectivity index (χ0) is 23.7. The Hall–Kier alpha value is -3.89. The van der Waals surface area contributed by atoms with E-state index in [9.17, 15) is 14.4 Å². The van der Waals surface area contributed by atoms with E-state index in [1.807, 2.05) is 36.2 Å². The molecule has 0 unspecified atom stereocenters. The van der Waals surface area contributed by atoms with Crippen LogP contribution in [-0.4, -0.2) is 25.0 Å². The number of anilines is 1. The lowest BCUT2D eigenvalue weighted by atomic mass is 10.0. The molecule has 168 valence electrons. The van der Waals surface area contributed by atoms with Crippen molar-refractivity contribution in [2.24, 2.45) is 0 Å². The number of hydrogen-bond donors (Lipinski definition) is 3. The molecule has 2 heterocycles. The number of aromatic amines is 2. The Morgan fingerprint density at radius 3 is 2.48 bits per heavy atom. The van der Waals surface area contributed by atoms with Crippen molar-refractivity contribution in [1.82, 2.24) is 25.0 Å². The van der Waals surface area contributed by atoms with Gasteiger partial charge in [0.1, 0.15) is 0 Å². The average molecular weight is 487 g/mol. The van der Waals surface area contributed by atoms with Crippen LogP contribution in [0, 0.1) is 0 Å². The van der Waals surface area contributed by atoms with E-state index in [-0.39, 0.29) is 32.9 Å². The quantitative estimate of drug-likeness (QED) is 0.392. The molecule has 0 saturated carbocycles. The van der Waals surface area contributed by atoms with E-state index < -0.39 is 17.1 Å². The van der Waals surface area contributed by atoms with Crippen molar-refractivity contribution in [3.63, 3.8) is 0 Å². The molecule has 4 aromatic rings. The summed E-state index contributed by atoms with van der Waals surface area (Å²) in [5, 5.41) is 10.1. The first-order valence-corrected chi connectivity index (χ1v) is 10.4. The molecule has 4 N–H and O–H groups in total. The van der Waals surface area contributed by atoms with Gasteiger partial charge in [-0.3, -0.25) is 14.6 Å². The minimum Gasteiger partial charge on any atom is -0.434 e. The summed E-state index contributed by atoms with van der Waals surface area (Å²) in [6, 6.07) is 11.7. The SMILES string of the molecule is CCc1cccc(-c2cc(Oc3c(Cl)cc(-n4nc(N)c(=O)[nH]c4=O)cc3Cl)n[nH]c2=O)c1. The monoisotopic (exact) mass is 486 g/mol. The van der Waals surface area contributed by atoms with Crippen LogP contribution in [-0.2, 0) is 6.42 Å². The van der Waals surface area contributed by atoms with Crippen LogP contribution in [0.4, 0.5) is 5.82 Å². The van der Waals surface area contributed by atoms with Gasteiger partial charge in [-0.15, -0.1) is 10.2 Å².